The molecule has 7 heteroatoms. The van der Waals surface area contributed by atoms with Crippen molar-refractivity contribution in [3.8, 4) is 11.1 Å². The monoisotopic (exact) mass is 453 g/mol. The van der Waals surface area contributed by atoms with Crippen molar-refractivity contribution < 1.29 is 19.1 Å². The molecule has 2 amide bonds. The Kier molecular flexibility index (Phi) is 5.05. The third-order valence-corrected chi connectivity index (χ3v) is 5.70. The first-order chi connectivity index (χ1) is 16.2. The quantitative estimate of drug-likeness (QED) is 0.394. The molecular weight excluding hydrogens is 430 g/mol. The average molecular weight is 453 g/mol. The predicted octanol–water partition coefficient (Wildman–Crippen LogP) is 5.28. The van der Waals surface area contributed by atoms with Crippen LogP contribution in [0.1, 0.15) is 47.1 Å². The van der Waals surface area contributed by atoms with Crippen molar-refractivity contribution in [2.45, 2.75) is 32.9 Å². The van der Waals surface area contributed by atoms with E-state index in [-0.39, 0.29) is 18.4 Å². The van der Waals surface area contributed by atoms with Crippen LogP contribution in [0.15, 0.2) is 73.2 Å². The highest BCUT2D eigenvalue weighted by molar-refractivity contribution is 6.21. The molecule has 3 heterocycles. The van der Waals surface area contributed by atoms with E-state index in [4.69, 9.17) is 4.74 Å². The third-order valence-electron chi connectivity index (χ3n) is 5.70. The molecule has 2 aromatic carbocycles. The summed E-state index contributed by atoms with van der Waals surface area (Å²) >= 11 is 0. The summed E-state index contributed by atoms with van der Waals surface area (Å²) in [5.74, 6) is -0.681. The van der Waals surface area contributed by atoms with E-state index in [9.17, 15) is 14.4 Å². The zero-order valence-electron chi connectivity index (χ0n) is 19.1. The van der Waals surface area contributed by atoms with Gasteiger partial charge in [-0.25, -0.2) is 4.79 Å². The van der Waals surface area contributed by atoms with Gasteiger partial charge in [0.15, 0.2) is 0 Å². The standard InChI is InChI=1S/C27H23N3O4/c1-27(2,3)34-26(33)29-15-19(16-30-24(31)21-6-4-5-7-22(21)25(30)32)20-9-8-18(14-23(20)29)17-10-12-28-13-11-17/h4-15H,16H2,1-3H3. The molecule has 0 saturated carbocycles. The molecule has 0 radical (unpaired) electrons. The Hall–Kier alpha value is -4.26. The highest BCUT2D eigenvalue weighted by Crippen LogP contribution is 2.31. The summed E-state index contributed by atoms with van der Waals surface area (Å²) in [6.45, 7) is 5.46. The van der Waals surface area contributed by atoms with Crippen LogP contribution in [0, 0.1) is 0 Å². The topological polar surface area (TPSA) is 81.5 Å². The first kappa shape index (κ1) is 21.6. The zero-order chi connectivity index (χ0) is 24.0. The van der Waals surface area contributed by atoms with Crippen molar-refractivity contribution in [2.24, 2.45) is 0 Å². The molecular formula is C27H23N3O4. The van der Waals surface area contributed by atoms with E-state index in [2.05, 4.69) is 4.98 Å². The van der Waals surface area contributed by atoms with Crippen LogP contribution in [-0.2, 0) is 11.3 Å². The molecule has 170 valence electrons. The van der Waals surface area contributed by atoms with E-state index in [1.54, 1.807) is 63.6 Å². The number of imide groups is 1. The van der Waals surface area contributed by atoms with E-state index in [0.29, 0.717) is 22.2 Å². The van der Waals surface area contributed by atoms with Crippen LogP contribution in [0.4, 0.5) is 4.79 Å². The first-order valence-corrected chi connectivity index (χ1v) is 11.0. The summed E-state index contributed by atoms with van der Waals surface area (Å²) in [5, 5.41) is 0.764. The number of hydrogen-bond acceptors (Lipinski definition) is 5. The number of rotatable bonds is 3. The van der Waals surface area contributed by atoms with Crippen molar-refractivity contribution in [3.05, 3.63) is 89.9 Å². The minimum absolute atomic E-state index is 0.0489. The predicted molar refractivity (Wildman–Crippen MR) is 127 cm³/mol. The van der Waals surface area contributed by atoms with E-state index in [1.165, 1.54) is 9.47 Å². The molecule has 0 bridgehead atoms. The van der Waals surface area contributed by atoms with Gasteiger partial charge in [-0.2, -0.15) is 0 Å². The summed E-state index contributed by atoms with van der Waals surface area (Å²) < 4.78 is 7.06. The number of nitrogens with zero attached hydrogens (tertiary/aromatic N) is 3. The zero-order valence-corrected chi connectivity index (χ0v) is 19.1. The maximum Gasteiger partial charge on any atom is 0.419 e. The van der Waals surface area contributed by atoms with E-state index in [1.807, 2.05) is 30.3 Å². The van der Waals surface area contributed by atoms with Crippen LogP contribution in [0.3, 0.4) is 0 Å². The Bertz CT molecular complexity index is 1410. The largest absolute Gasteiger partial charge is 0.443 e. The van der Waals surface area contributed by atoms with Crippen LogP contribution in [-0.4, -0.2) is 38.0 Å². The Labute approximate surface area is 196 Å². The van der Waals surface area contributed by atoms with Gasteiger partial charge in [-0.05, 0) is 67.8 Å². The van der Waals surface area contributed by atoms with Crippen LogP contribution in [0.25, 0.3) is 22.0 Å². The molecule has 0 spiro atoms. The summed E-state index contributed by atoms with van der Waals surface area (Å²) in [6.07, 6.45) is 4.54. The van der Waals surface area contributed by atoms with Crippen LogP contribution in [0.2, 0.25) is 0 Å². The summed E-state index contributed by atoms with van der Waals surface area (Å²) in [7, 11) is 0. The minimum atomic E-state index is -0.681. The fourth-order valence-electron chi connectivity index (χ4n) is 4.16. The number of pyridine rings is 1. The number of amides is 2. The number of hydrogen-bond donors (Lipinski definition) is 0. The molecule has 0 saturated heterocycles. The number of carbonyl (C=O) groups excluding carboxylic acids is 3. The SMILES string of the molecule is CC(C)(C)OC(=O)n1cc(CN2C(=O)c3ccccc3C2=O)c2ccc(-c3ccncc3)cc21. The number of benzene rings is 2. The smallest absolute Gasteiger partial charge is 0.419 e. The number of aromatic nitrogens is 2. The lowest BCUT2D eigenvalue weighted by Gasteiger charge is -2.19. The summed E-state index contributed by atoms with van der Waals surface area (Å²) in [6, 6.07) is 16.3. The van der Waals surface area contributed by atoms with Gasteiger partial charge in [0.25, 0.3) is 11.8 Å². The van der Waals surface area contributed by atoms with E-state index < -0.39 is 11.7 Å². The second kappa shape index (κ2) is 7.95. The van der Waals surface area contributed by atoms with Gasteiger partial charge in [0, 0.05) is 24.0 Å². The average Bonchev–Trinajstić information content (AvgIpc) is 3.29. The van der Waals surface area contributed by atoms with Gasteiger partial charge >= 0.3 is 6.09 Å². The number of fused-ring (bicyclic) bond motifs is 2. The van der Waals surface area contributed by atoms with Gasteiger partial charge in [-0.1, -0.05) is 24.3 Å². The van der Waals surface area contributed by atoms with E-state index >= 15 is 0 Å². The molecule has 2 aromatic heterocycles. The fourth-order valence-corrected chi connectivity index (χ4v) is 4.16. The normalized spacial score (nSPS) is 13.4. The minimum Gasteiger partial charge on any atom is -0.443 e. The summed E-state index contributed by atoms with van der Waals surface area (Å²) in [5.41, 5.74) is 3.28. The Morgan fingerprint density at radius 2 is 1.56 bits per heavy atom. The molecule has 1 aliphatic heterocycles. The lowest BCUT2D eigenvalue weighted by atomic mass is 10.0. The Balaban J connectivity index is 1.59. The molecule has 0 N–H and O–H groups in total. The molecule has 0 unspecified atom stereocenters. The van der Waals surface area contributed by atoms with Gasteiger partial charge in [0.1, 0.15) is 5.60 Å². The van der Waals surface area contributed by atoms with Gasteiger partial charge in [-0.15, -0.1) is 0 Å². The van der Waals surface area contributed by atoms with Gasteiger partial charge in [-0.3, -0.25) is 24.0 Å². The van der Waals surface area contributed by atoms with Crippen LogP contribution < -0.4 is 0 Å². The second-order valence-corrected chi connectivity index (χ2v) is 9.21. The van der Waals surface area contributed by atoms with Crippen molar-refractivity contribution >= 4 is 28.8 Å². The lowest BCUT2D eigenvalue weighted by Crippen LogP contribution is -2.29. The highest BCUT2D eigenvalue weighted by Gasteiger charge is 2.35. The van der Waals surface area contributed by atoms with E-state index in [0.717, 1.165) is 16.5 Å². The molecule has 0 atom stereocenters. The van der Waals surface area contributed by atoms with Crippen LogP contribution in [0.5, 0.6) is 0 Å². The third kappa shape index (κ3) is 3.75. The first-order valence-electron chi connectivity index (χ1n) is 11.0. The molecule has 0 aliphatic carbocycles. The molecule has 34 heavy (non-hydrogen) atoms. The maximum atomic E-state index is 13.1. The molecule has 7 nitrogen and oxygen atoms in total. The van der Waals surface area contributed by atoms with Crippen molar-refractivity contribution in [3.63, 3.8) is 0 Å². The maximum absolute atomic E-state index is 13.1. The molecule has 0 fully saturated rings. The van der Waals surface area contributed by atoms with Crippen LogP contribution >= 0.6 is 0 Å². The lowest BCUT2D eigenvalue weighted by molar-refractivity contribution is 0.0544. The van der Waals surface area contributed by atoms with Crippen molar-refractivity contribution in [2.75, 3.05) is 0 Å². The van der Waals surface area contributed by atoms with Gasteiger partial charge in [0.05, 0.1) is 23.2 Å². The summed E-state index contributed by atoms with van der Waals surface area (Å²) in [4.78, 5) is 44.2. The molecule has 1 aliphatic rings. The Morgan fingerprint density at radius 1 is 0.912 bits per heavy atom. The molecule has 5 rings (SSSR count). The second-order valence-electron chi connectivity index (χ2n) is 9.21. The van der Waals surface area contributed by atoms with Crippen molar-refractivity contribution in [1.82, 2.24) is 14.5 Å². The fraction of sp³-hybridized carbons (Fsp3) is 0.185. The van der Waals surface area contributed by atoms with Gasteiger partial charge in [0.2, 0.25) is 0 Å². The number of ether oxygens (including phenoxy) is 1. The highest BCUT2D eigenvalue weighted by atomic mass is 16.6. The van der Waals surface area contributed by atoms with Crippen molar-refractivity contribution in [1.29, 1.82) is 0 Å². The number of carbonyl (C=O) groups is 3. The van der Waals surface area contributed by atoms with Gasteiger partial charge < -0.3 is 4.74 Å². The molecule has 4 aromatic rings. The Morgan fingerprint density at radius 3 is 2.18 bits per heavy atom.